The SMILES string of the molecule is Cc1ccc(Cl)cc1N(CCCC(=O)NCCOc1cccc(C)c1C)S(C)(=O)=O. The minimum Gasteiger partial charge on any atom is -0.491 e. The maximum absolute atomic E-state index is 12.2. The highest BCUT2D eigenvalue weighted by molar-refractivity contribution is 7.92. The number of halogens is 1. The van der Waals surface area contributed by atoms with Crippen molar-refractivity contribution in [2.75, 3.05) is 30.3 Å². The zero-order valence-corrected chi connectivity index (χ0v) is 19.4. The van der Waals surface area contributed by atoms with Crippen molar-refractivity contribution in [3.05, 3.63) is 58.1 Å². The molecular weight excluding hydrogens is 424 g/mol. The summed E-state index contributed by atoms with van der Waals surface area (Å²) in [7, 11) is -3.49. The van der Waals surface area contributed by atoms with E-state index in [-0.39, 0.29) is 18.9 Å². The summed E-state index contributed by atoms with van der Waals surface area (Å²) < 4.78 is 31.5. The average Bonchev–Trinajstić information content (AvgIpc) is 2.67. The molecule has 0 aliphatic rings. The van der Waals surface area contributed by atoms with Crippen molar-refractivity contribution < 1.29 is 17.9 Å². The molecule has 2 aromatic carbocycles. The van der Waals surface area contributed by atoms with Crippen molar-refractivity contribution in [1.82, 2.24) is 5.32 Å². The van der Waals surface area contributed by atoms with E-state index in [0.29, 0.717) is 30.3 Å². The van der Waals surface area contributed by atoms with Gasteiger partial charge in [0.05, 0.1) is 18.5 Å². The van der Waals surface area contributed by atoms with Gasteiger partial charge in [-0.2, -0.15) is 0 Å². The third kappa shape index (κ3) is 6.92. The molecule has 0 aromatic heterocycles. The molecule has 0 bridgehead atoms. The number of rotatable bonds is 10. The molecular formula is C22H29ClN2O4S. The molecule has 0 spiro atoms. The normalized spacial score (nSPS) is 11.2. The summed E-state index contributed by atoms with van der Waals surface area (Å²) in [4.78, 5) is 12.1. The second kappa shape index (κ2) is 10.7. The Morgan fingerprint density at radius 3 is 2.57 bits per heavy atom. The van der Waals surface area contributed by atoms with Crippen LogP contribution in [0.25, 0.3) is 0 Å². The van der Waals surface area contributed by atoms with Crippen LogP contribution in [0.3, 0.4) is 0 Å². The molecule has 6 nitrogen and oxygen atoms in total. The lowest BCUT2D eigenvalue weighted by Crippen LogP contribution is -2.33. The predicted octanol–water partition coefficient (Wildman–Crippen LogP) is 4.01. The van der Waals surface area contributed by atoms with Crippen molar-refractivity contribution in [3.63, 3.8) is 0 Å². The number of ether oxygens (including phenoxy) is 1. The first-order chi connectivity index (χ1) is 14.1. The minimum atomic E-state index is -3.49. The van der Waals surface area contributed by atoms with Crippen LogP contribution in [0.2, 0.25) is 5.02 Å². The quantitative estimate of drug-likeness (QED) is 0.552. The van der Waals surface area contributed by atoms with E-state index in [2.05, 4.69) is 5.32 Å². The van der Waals surface area contributed by atoms with E-state index < -0.39 is 10.0 Å². The maximum Gasteiger partial charge on any atom is 0.232 e. The molecule has 0 heterocycles. The topological polar surface area (TPSA) is 75.7 Å². The van der Waals surface area contributed by atoms with E-state index in [1.54, 1.807) is 18.2 Å². The molecule has 0 radical (unpaired) electrons. The fraction of sp³-hybridized carbons (Fsp3) is 0.409. The predicted molar refractivity (Wildman–Crippen MR) is 122 cm³/mol. The highest BCUT2D eigenvalue weighted by Gasteiger charge is 2.19. The number of carbonyl (C=O) groups is 1. The number of benzene rings is 2. The number of hydrogen-bond acceptors (Lipinski definition) is 4. The van der Waals surface area contributed by atoms with Gasteiger partial charge in [0.15, 0.2) is 0 Å². The Hall–Kier alpha value is -2.25. The molecule has 164 valence electrons. The maximum atomic E-state index is 12.2. The van der Waals surface area contributed by atoms with Gasteiger partial charge in [0.1, 0.15) is 12.4 Å². The van der Waals surface area contributed by atoms with Gasteiger partial charge in [0.25, 0.3) is 0 Å². The summed E-state index contributed by atoms with van der Waals surface area (Å²) >= 11 is 6.03. The number of nitrogens with zero attached hydrogens (tertiary/aromatic N) is 1. The van der Waals surface area contributed by atoms with Crippen molar-refractivity contribution in [3.8, 4) is 5.75 Å². The molecule has 0 saturated carbocycles. The monoisotopic (exact) mass is 452 g/mol. The Kier molecular flexibility index (Phi) is 8.55. The summed E-state index contributed by atoms with van der Waals surface area (Å²) in [5.74, 6) is 0.667. The first-order valence-electron chi connectivity index (χ1n) is 9.79. The van der Waals surface area contributed by atoms with Crippen LogP contribution in [-0.4, -0.2) is 40.3 Å². The molecule has 2 rings (SSSR count). The Bertz CT molecular complexity index is 993. The van der Waals surface area contributed by atoms with Gasteiger partial charge < -0.3 is 10.1 Å². The van der Waals surface area contributed by atoms with Crippen LogP contribution in [-0.2, 0) is 14.8 Å². The summed E-state index contributed by atoms with van der Waals surface area (Å²) in [5.41, 5.74) is 3.58. The number of nitrogens with one attached hydrogen (secondary N) is 1. The Balaban J connectivity index is 1.82. The molecule has 2 aromatic rings. The second-order valence-corrected chi connectivity index (χ2v) is 9.61. The zero-order chi connectivity index (χ0) is 22.3. The minimum absolute atomic E-state index is 0.143. The smallest absolute Gasteiger partial charge is 0.232 e. The molecule has 0 aliphatic carbocycles. The van der Waals surface area contributed by atoms with E-state index >= 15 is 0 Å². The summed E-state index contributed by atoms with van der Waals surface area (Å²) in [6.07, 6.45) is 1.76. The van der Waals surface area contributed by atoms with Crippen LogP contribution in [0, 0.1) is 20.8 Å². The van der Waals surface area contributed by atoms with E-state index in [0.717, 1.165) is 28.7 Å². The molecule has 0 atom stereocenters. The van der Waals surface area contributed by atoms with Gasteiger partial charge >= 0.3 is 0 Å². The van der Waals surface area contributed by atoms with Crippen LogP contribution in [0.1, 0.15) is 29.5 Å². The van der Waals surface area contributed by atoms with Gasteiger partial charge in [-0.15, -0.1) is 0 Å². The van der Waals surface area contributed by atoms with Crippen molar-refractivity contribution in [2.45, 2.75) is 33.6 Å². The molecule has 1 amide bonds. The zero-order valence-electron chi connectivity index (χ0n) is 17.9. The first-order valence-corrected chi connectivity index (χ1v) is 12.0. The van der Waals surface area contributed by atoms with Crippen LogP contribution < -0.4 is 14.4 Å². The fourth-order valence-corrected chi connectivity index (χ4v) is 4.20. The van der Waals surface area contributed by atoms with Crippen LogP contribution in [0.4, 0.5) is 5.69 Å². The summed E-state index contributed by atoms with van der Waals surface area (Å²) in [6.45, 7) is 6.80. The molecule has 1 N–H and O–H groups in total. The van der Waals surface area contributed by atoms with Gasteiger partial charge in [0.2, 0.25) is 15.9 Å². The van der Waals surface area contributed by atoms with E-state index in [4.69, 9.17) is 16.3 Å². The third-order valence-electron chi connectivity index (χ3n) is 4.84. The van der Waals surface area contributed by atoms with Crippen LogP contribution in [0.15, 0.2) is 36.4 Å². The molecule has 0 aliphatic heterocycles. The van der Waals surface area contributed by atoms with Crippen LogP contribution in [0.5, 0.6) is 5.75 Å². The Morgan fingerprint density at radius 2 is 1.87 bits per heavy atom. The first kappa shape index (κ1) is 24.0. The van der Waals surface area contributed by atoms with Crippen molar-refractivity contribution >= 4 is 33.2 Å². The van der Waals surface area contributed by atoms with Gasteiger partial charge in [0, 0.05) is 18.0 Å². The fourth-order valence-electron chi connectivity index (χ4n) is 3.02. The summed E-state index contributed by atoms with van der Waals surface area (Å²) in [5, 5.41) is 3.27. The van der Waals surface area contributed by atoms with Gasteiger partial charge in [-0.25, -0.2) is 8.42 Å². The number of anilines is 1. The molecule has 30 heavy (non-hydrogen) atoms. The number of hydrogen-bond donors (Lipinski definition) is 1. The Morgan fingerprint density at radius 1 is 1.13 bits per heavy atom. The van der Waals surface area contributed by atoms with Crippen molar-refractivity contribution in [2.24, 2.45) is 0 Å². The number of amides is 1. The Labute approximate surface area is 184 Å². The lowest BCUT2D eigenvalue weighted by molar-refractivity contribution is -0.121. The lowest BCUT2D eigenvalue weighted by atomic mass is 10.1. The lowest BCUT2D eigenvalue weighted by Gasteiger charge is -2.24. The van der Waals surface area contributed by atoms with Gasteiger partial charge in [-0.3, -0.25) is 9.10 Å². The van der Waals surface area contributed by atoms with E-state index in [9.17, 15) is 13.2 Å². The molecule has 8 heteroatoms. The third-order valence-corrected chi connectivity index (χ3v) is 6.26. The largest absolute Gasteiger partial charge is 0.491 e. The van der Waals surface area contributed by atoms with E-state index in [1.165, 1.54) is 4.31 Å². The highest BCUT2D eigenvalue weighted by atomic mass is 35.5. The number of carbonyl (C=O) groups excluding carboxylic acids is 1. The molecule has 0 fully saturated rings. The second-order valence-electron chi connectivity index (χ2n) is 7.27. The number of aryl methyl sites for hydroxylation is 2. The summed E-state index contributed by atoms with van der Waals surface area (Å²) in [6, 6.07) is 11.0. The van der Waals surface area contributed by atoms with Crippen LogP contribution >= 0.6 is 11.6 Å². The molecule has 0 unspecified atom stereocenters. The highest BCUT2D eigenvalue weighted by Crippen LogP contribution is 2.26. The van der Waals surface area contributed by atoms with Gasteiger partial charge in [-0.1, -0.05) is 29.8 Å². The standard InChI is InChI=1S/C22H29ClN2O4S/c1-16-7-5-8-21(18(16)3)29-14-12-24-22(26)9-6-13-25(30(4,27)28)20-15-19(23)11-10-17(20)2/h5,7-8,10-11,15H,6,9,12-14H2,1-4H3,(H,24,26). The average molecular weight is 453 g/mol. The number of sulfonamides is 1. The van der Waals surface area contributed by atoms with E-state index in [1.807, 2.05) is 39.0 Å². The van der Waals surface area contributed by atoms with Crippen molar-refractivity contribution in [1.29, 1.82) is 0 Å². The molecule has 0 saturated heterocycles. The van der Waals surface area contributed by atoms with Gasteiger partial charge in [-0.05, 0) is 62.1 Å².